The molecule has 0 aliphatic carbocycles. The van der Waals surface area contributed by atoms with E-state index in [0.717, 1.165) is 25.7 Å². The normalized spacial score (nSPS) is 10.0. The summed E-state index contributed by atoms with van der Waals surface area (Å²) in [4.78, 5) is 11.1. The van der Waals surface area contributed by atoms with Gasteiger partial charge in [-0.1, -0.05) is 39.5 Å². The Labute approximate surface area is 82.1 Å². The number of amides is 1. The number of hydrogen-bond donors (Lipinski definition) is 1. The summed E-state index contributed by atoms with van der Waals surface area (Å²) in [6.45, 7) is 6.18. The summed E-state index contributed by atoms with van der Waals surface area (Å²) in [5.41, 5.74) is 0. The highest BCUT2D eigenvalue weighted by atomic mass is 16.1. The molecule has 0 rings (SSSR count). The van der Waals surface area contributed by atoms with Crippen molar-refractivity contribution in [2.45, 2.75) is 58.8 Å². The Kier molecular flexibility index (Phi) is 9.17. The maximum absolute atomic E-state index is 11.1. The maximum atomic E-state index is 11.1. The zero-order chi connectivity index (χ0) is 9.94. The second kappa shape index (κ2) is 9.56. The minimum Gasteiger partial charge on any atom is -0.351 e. The van der Waals surface area contributed by atoms with Crippen LogP contribution < -0.4 is 5.32 Å². The Bertz CT molecular complexity index is 123. The third kappa shape index (κ3) is 9.38. The first-order valence-electron chi connectivity index (χ1n) is 5.42. The van der Waals surface area contributed by atoms with Crippen LogP contribution in [-0.4, -0.2) is 5.91 Å². The van der Waals surface area contributed by atoms with E-state index in [9.17, 15) is 4.79 Å². The van der Waals surface area contributed by atoms with Crippen molar-refractivity contribution in [3.05, 3.63) is 6.54 Å². The van der Waals surface area contributed by atoms with Crippen LogP contribution in [0.4, 0.5) is 0 Å². The van der Waals surface area contributed by atoms with Gasteiger partial charge in [0.15, 0.2) is 0 Å². The van der Waals surface area contributed by atoms with Gasteiger partial charge in [-0.05, 0) is 12.8 Å². The summed E-state index contributed by atoms with van der Waals surface area (Å²) in [5, 5.41) is 2.81. The predicted octanol–water partition coefficient (Wildman–Crippen LogP) is 3.03. The molecule has 0 aliphatic heterocycles. The number of nitrogens with one attached hydrogen (secondary N) is 1. The van der Waals surface area contributed by atoms with Crippen LogP contribution >= 0.6 is 0 Å². The molecule has 0 aromatic carbocycles. The fourth-order valence-electron chi connectivity index (χ4n) is 1.10. The van der Waals surface area contributed by atoms with Gasteiger partial charge in [0.2, 0.25) is 5.91 Å². The minimum atomic E-state index is 0.171. The molecule has 0 atom stereocenters. The first-order valence-corrected chi connectivity index (χ1v) is 5.42. The lowest BCUT2D eigenvalue weighted by molar-refractivity contribution is -0.120. The fraction of sp³-hybridized carbons (Fsp3) is 0.818. The van der Waals surface area contributed by atoms with Crippen LogP contribution in [0.25, 0.3) is 0 Å². The van der Waals surface area contributed by atoms with E-state index in [0.29, 0.717) is 6.42 Å². The van der Waals surface area contributed by atoms with Crippen LogP contribution in [-0.2, 0) is 4.79 Å². The van der Waals surface area contributed by atoms with Crippen LogP contribution in [0.5, 0.6) is 0 Å². The Morgan fingerprint density at radius 3 is 2.46 bits per heavy atom. The number of rotatable bonds is 8. The van der Waals surface area contributed by atoms with E-state index in [1.54, 1.807) is 0 Å². The van der Waals surface area contributed by atoms with Gasteiger partial charge in [-0.2, -0.15) is 0 Å². The standard InChI is InChI=1S/C11H22NO/c1-3-5-7-9-11(13)12-10-8-6-4-2/h10H,3-9H2,1-2H3,(H,12,13). The van der Waals surface area contributed by atoms with Crippen LogP contribution in [0.3, 0.4) is 0 Å². The zero-order valence-electron chi connectivity index (χ0n) is 8.94. The zero-order valence-corrected chi connectivity index (χ0v) is 8.94. The van der Waals surface area contributed by atoms with Crippen molar-refractivity contribution in [1.29, 1.82) is 0 Å². The molecule has 2 nitrogen and oxygen atoms in total. The first-order chi connectivity index (χ1) is 6.31. The topological polar surface area (TPSA) is 29.1 Å². The van der Waals surface area contributed by atoms with E-state index in [4.69, 9.17) is 0 Å². The number of carbonyl (C=O) groups excluding carboxylic acids is 1. The summed E-state index contributed by atoms with van der Waals surface area (Å²) in [7, 11) is 0. The van der Waals surface area contributed by atoms with Crippen molar-refractivity contribution in [1.82, 2.24) is 5.32 Å². The van der Waals surface area contributed by atoms with Crippen LogP contribution in [0.2, 0.25) is 0 Å². The molecule has 1 amide bonds. The van der Waals surface area contributed by atoms with Gasteiger partial charge >= 0.3 is 0 Å². The number of hydrogen-bond acceptors (Lipinski definition) is 1. The summed E-state index contributed by atoms with van der Waals surface area (Å²) in [6.07, 6.45) is 7.36. The van der Waals surface area contributed by atoms with Gasteiger partial charge in [0.05, 0.1) is 0 Å². The van der Waals surface area contributed by atoms with Crippen LogP contribution in [0.1, 0.15) is 58.8 Å². The number of unbranched alkanes of at least 4 members (excludes halogenated alkanes) is 4. The van der Waals surface area contributed by atoms with Crippen LogP contribution in [0, 0.1) is 6.54 Å². The van der Waals surface area contributed by atoms with Crippen molar-refractivity contribution >= 4 is 5.91 Å². The van der Waals surface area contributed by atoms with Gasteiger partial charge in [0.25, 0.3) is 0 Å². The molecule has 0 saturated heterocycles. The molecule has 0 saturated carbocycles. The summed E-state index contributed by atoms with van der Waals surface area (Å²) in [6, 6.07) is 0. The second-order valence-electron chi connectivity index (χ2n) is 3.37. The molecule has 1 N–H and O–H groups in total. The summed E-state index contributed by atoms with van der Waals surface area (Å²) < 4.78 is 0. The largest absolute Gasteiger partial charge is 0.351 e. The van der Waals surface area contributed by atoms with E-state index in [-0.39, 0.29) is 5.91 Å². The molecule has 0 fully saturated rings. The van der Waals surface area contributed by atoms with Gasteiger partial charge < -0.3 is 5.32 Å². The Morgan fingerprint density at radius 1 is 1.15 bits per heavy atom. The molecule has 0 bridgehead atoms. The lowest BCUT2D eigenvalue weighted by Crippen LogP contribution is -2.19. The molecule has 0 aliphatic rings. The molecule has 0 heterocycles. The lowest BCUT2D eigenvalue weighted by atomic mass is 10.2. The van der Waals surface area contributed by atoms with E-state index < -0.39 is 0 Å². The smallest absolute Gasteiger partial charge is 0.220 e. The molecule has 0 aromatic rings. The lowest BCUT2D eigenvalue weighted by Gasteiger charge is -2.02. The van der Waals surface area contributed by atoms with Gasteiger partial charge in [-0.15, -0.1) is 0 Å². The highest BCUT2D eigenvalue weighted by Gasteiger charge is 1.98. The summed E-state index contributed by atoms with van der Waals surface area (Å²) in [5.74, 6) is 0.171. The van der Waals surface area contributed by atoms with Crippen molar-refractivity contribution < 1.29 is 4.79 Å². The van der Waals surface area contributed by atoms with Gasteiger partial charge in [-0.25, -0.2) is 0 Å². The average molecular weight is 184 g/mol. The predicted molar refractivity (Wildman–Crippen MR) is 56.1 cm³/mol. The second-order valence-corrected chi connectivity index (χ2v) is 3.37. The monoisotopic (exact) mass is 184 g/mol. The quantitative estimate of drug-likeness (QED) is 0.577. The molecule has 0 aromatic heterocycles. The maximum Gasteiger partial charge on any atom is 0.220 e. The van der Waals surface area contributed by atoms with E-state index in [2.05, 4.69) is 19.2 Å². The Morgan fingerprint density at radius 2 is 1.85 bits per heavy atom. The van der Waals surface area contributed by atoms with E-state index in [1.165, 1.54) is 12.8 Å². The van der Waals surface area contributed by atoms with Crippen molar-refractivity contribution in [2.75, 3.05) is 0 Å². The van der Waals surface area contributed by atoms with E-state index in [1.807, 2.05) is 6.54 Å². The highest BCUT2D eigenvalue weighted by Crippen LogP contribution is 1.99. The Balaban J connectivity index is 3.11. The summed E-state index contributed by atoms with van der Waals surface area (Å²) >= 11 is 0. The molecular formula is C11H22NO. The minimum absolute atomic E-state index is 0.171. The van der Waals surface area contributed by atoms with Crippen molar-refractivity contribution in [2.24, 2.45) is 0 Å². The van der Waals surface area contributed by atoms with Crippen LogP contribution in [0.15, 0.2) is 0 Å². The fourth-order valence-corrected chi connectivity index (χ4v) is 1.10. The molecule has 0 unspecified atom stereocenters. The van der Waals surface area contributed by atoms with E-state index >= 15 is 0 Å². The van der Waals surface area contributed by atoms with Crippen molar-refractivity contribution in [3.63, 3.8) is 0 Å². The third-order valence-electron chi connectivity index (χ3n) is 1.97. The molecule has 2 heteroatoms. The molecule has 1 radical (unpaired) electrons. The molecular weight excluding hydrogens is 162 g/mol. The molecule has 77 valence electrons. The SMILES string of the molecule is CCCC[CH]NC(=O)CCCCC. The molecule has 13 heavy (non-hydrogen) atoms. The van der Waals surface area contributed by atoms with Gasteiger partial charge in [0.1, 0.15) is 0 Å². The third-order valence-corrected chi connectivity index (χ3v) is 1.97. The van der Waals surface area contributed by atoms with Crippen molar-refractivity contribution in [3.8, 4) is 0 Å². The first kappa shape index (κ1) is 12.5. The van der Waals surface area contributed by atoms with Gasteiger partial charge in [0, 0.05) is 13.0 Å². The highest BCUT2D eigenvalue weighted by molar-refractivity contribution is 5.76. The Hall–Kier alpha value is -0.530. The van der Waals surface area contributed by atoms with Gasteiger partial charge in [-0.3, -0.25) is 4.79 Å². The molecule has 0 spiro atoms. The average Bonchev–Trinajstić information content (AvgIpc) is 2.13. The number of carbonyl (C=O) groups is 1.